The molecule has 2 N–H and O–H groups in total. The lowest BCUT2D eigenvalue weighted by Crippen LogP contribution is -2.16. The highest BCUT2D eigenvalue weighted by Crippen LogP contribution is 2.34. The van der Waals surface area contributed by atoms with Gasteiger partial charge in [0.15, 0.2) is 4.34 Å². The van der Waals surface area contributed by atoms with E-state index in [0.29, 0.717) is 5.69 Å². The topological polar surface area (TPSA) is 79.3 Å². The molecule has 1 amide bonds. The van der Waals surface area contributed by atoms with Crippen LogP contribution in [0.1, 0.15) is 43.0 Å². The van der Waals surface area contributed by atoms with E-state index >= 15 is 0 Å². The van der Waals surface area contributed by atoms with Gasteiger partial charge in [-0.05, 0) is 67.8 Å². The zero-order valence-electron chi connectivity index (χ0n) is 17.9. The molecule has 0 bridgehead atoms. The molecule has 0 aliphatic heterocycles. The summed E-state index contributed by atoms with van der Waals surface area (Å²) < 4.78 is 1.94. The van der Waals surface area contributed by atoms with Gasteiger partial charge in [0.2, 0.25) is 0 Å². The number of aromatic nitrogens is 1. The molecule has 0 atom stereocenters. The maximum Gasteiger partial charge on any atom is 0.336 e. The molecule has 1 heterocycles. The number of anilines is 1. The monoisotopic (exact) mass is 462 g/mol. The van der Waals surface area contributed by atoms with Crippen LogP contribution in [0.15, 0.2) is 58.9 Å². The number of rotatable bonds is 6. The molecule has 0 fully saturated rings. The summed E-state index contributed by atoms with van der Waals surface area (Å²) in [5.41, 5.74) is 6.78. The zero-order chi connectivity index (χ0) is 22.8. The number of nitrogens with zero attached hydrogens (tertiary/aromatic N) is 1. The van der Waals surface area contributed by atoms with Crippen molar-refractivity contribution in [2.24, 2.45) is 0 Å². The number of carbonyl (C=O) groups is 2. The predicted octanol–water partition coefficient (Wildman–Crippen LogP) is 6.46. The number of nitrogens with one attached hydrogen (secondary N) is 1. The Hall–Kier alpha value is -3.16. The van der Waals surface area contributed by atoms with Crippen LogP contribution in [0.5, 0.6) is 0 Å². The number of hydrogen-bond acceptors (Lipinski definition) is 5. The molecule has 0 unspecified atom stereocenters. The second kappa shape index (κ2) is 9.14. The molecule has 0 saturated carbocycles. The van der Waals surface area contributed by atoms with Crippen LogP contribution >= 0.6 is 23.1 Å². The van der Waals surface area contributed by atoms with Crippen molar-refractivity contribution in [3.63, 3.8) is 0 Å². The van der Waals surface area contributed by atoms with Crippen molar-refractivity contribution in [3.8, 4) is 0 Å². The van der Waals surface area contributed by atoms with Crippen molar-refractivity contribution in [2.45, 2.75) is 30.9 Å². The van der Waals surface area contributed by atoms with Crippen LogP contribution in [0.2, 0.25) is 0 Å². The van der Waals surface area contributed by atoms with Crippen LogP contribution in [0.4, 0.5) is 5.69 Å². The van der Waals surface area contributed by atoms with E-state index in [-0.39, 0.29) is 11.1 Å². The number of carboxylic acids is 1. The standard InChI is InChI=1S/C25H22N2O3S2/c1-14-10-15(2)20(16(3)11-14)13-31-25-27-21-9-8-17(12-22(21)32-25)26-23(28)18-6-4-5-7-19(18)24(29)30/h4-12H,13H2,1-3H3,(H,26,28)(H,29,30). The third-order valence-corrected chi connectivity index (χ3v) is 7.40. The largest absolute Gasteiger partial charge is 0.478 e. The number of hydrogen-bond donors (Lipinski definition) is 2. The van der Waals surface area contributed by atoms with Crippen LogP contribution in [-0.2, 0) is 5.75 Å². The van der Waals surface area contributed by atoms with Gasteiger partial charge >= 0.3 is 5.97 Å². The SMILES string of the molecule is Cc1cc(C)c(CSc2nc3ccc(NC(=O)c4ccccc4C(=O)O)cc3s2)c(C)c1. The highest BCUT2D eigenvalue weighted by atomic mass is 32.2. The van der Waals surface area contributed by atoms with Gasteiger partial charge in [-0.1, -0.05) is 41.6 Å². The number of amides is 1. The van der Waals surface area contributed by atoms with Crippen molar-refractivity contribution in [1.82, 2.24) is 4.98 Å². The third kappa shape index (κ3) is 4.69. The maximum absolute atomic E-state index is 12.6. The quantitative estimate of drug-likeness (QED) is 0.321. The molecule has 0 radical (unpaired) electrons. The summed E-state index contributed by atoms with van der Waals surface area (Å²) in [6, 6.07) is 16.1. The van der Waals surface area contributed by atoms with Crippen LogP contribution in [0.25, 0.3) is 10.2 Å². The van der Waals surface area contributed by atoms with Crippen molar-refractivity contribution in [2.75, 3.05) is 5.32 Å². The number of carbonyl (C=O) groups excluding carboxylic acids is 1. The van der Waals surface area contributed by atoms with Gasteiger partial charge in [0.1, 0.15) is 0 Å². The Morgan fingerprint density at radius 1 is 1.00 bits per heavy atom. The molecule has 0 saturated heterocycles. The number of aryl methyl sites for hydroxylation is 3. The molecular formula is C25H22N2O3S2. The maximum atomic E-state index is 12.6. The molecule has 162 valence electrons. The van der Waals surface area contributed by atoms with E-state index in [2.05, 4.69) is 38.2 Å². The van der Waals surface area contributed by atoms with Crippen molar-refractivity contribution < 1.29 is 14.7 Å². The lowest BCUT2D eigenvalue weighted by atomic mass is 10.0. The Labute approximate surface area is 194 Å². The number of fused-ring (bicyclic) bond motifs is 1. The average molecular weight is 463 g/mol. The fourth-order valence-electron chi connectivity index (χ4n) is 3.68. The first-order chi connectivity index (χ1) is 15.3. The summed E-state index contributed by atoms with van der Waals surface area (Å²) in [4.78, 5) is 28.7. The van der Waals surface area contributed by atoms with E-state index in [1.807, 2.05) is 12.1 Å². The van der Waals surface area contributed by atoms with Gasteiger partial charge in [-0.15, -0.1) is 11.3 Å². The summed E-state index contributed by atoms with van der Waals surface area (Å²) >= 11 is 3.29. The summed E-state index contributed by atoms with van der Waals surface area (Å²) in [5, 5.41) is 12.1. The Morgan fingerprint density at radius 3 is 2.38 bits per heavy atom. The molecule has 0 aliphatic rings. The van der Waals surface area contributed by atoms with Gasteiger partial charge in [-0.3, -0.25) is 4.79 Å². The van der Waals surface area contributed by atoms with Gasteiger partial charge in [0, 0.05) is 11.4 Å². The van der Waals surface area contributed by atoms with E-state index in [0.717, 1.165) is 20.3 Å². The number of benzene rings is 3. The van der Waals surface area contributed by atoms with Gasteiger partial charge in [-0.2, -0.15) is 0 Å². The van der Waals surface area contributed by atoms with Crippen LogP contribution < -0.4 is 5.32 Å². The predicted molar refractivity (Wildman–Crippen MR) is 131 cm³/mol. The second-order valence-electron chi connectivity index (χ2n) is 7.63. The molecule has 4 aromatic rings. The Balaban J connectivity index is 1.51. The molecular weight excluding hydrogens is 440 g/mol. The van der Waals surface area contributed by atoms with Crippen molar-refractivity contribution in [1.29, 1.82) is 0 Å². The van der Waals surface area contributed by atoms with Crippen molar-refractivity contribution >= 4 is 50.9 Å². The number of thioether (sulfide) groups is 1. The minimum Gasteiger partial charge on any atom is -0.478 e. The minimum absolute atomic E-state index is 0.0238. The number of aromatic carboxylic acids is 1. The summed E-state index contributed by atoms with van der Waals surface area (Å²) in [6.07, 6.45) is 0. The highest BCUT2D eigenvalue weighted by Gasteiger charge is 2.16. The summed E-state index contributed by atoms with van der Waals surface area (Å²) in [5.74, 6) is -0.728. The van der Waals surface area contributed by atoms with Gasteiger partial charge in [-0.25, -0.2) is 9.78 Å². The first kappa shape index (κ1) is 22.0. The zero-order valence-corrected chi connectivity index (χ0v) is 19.6. The molecule has 7 heteroatoms. The lowest BCUT2D eigenvalue weighted by molar-refractivity contribution is 0.0692. The fraction of sp³-hybridized carbons (Fsp3) is 0.160. The van der Waals surface area contributed by atoms with E-state index in [4.69, 9.17) is 4.98 Å². The van der Waals surface area contributed by atoms with Gasteiger partial charge in [0.05, 0.1) is 21.3 Å². The first-order valence-corrected chi connectivity index (χ1v) is 11.9. The molecule has 3 aromatic carbocycles. The van der Waals surface area contributed by atoms with Crippen LogP contribution in [-0.4, -0.2) is 22.0 Å². The van der Waals surface area contributed by atoms with Crippen LogP contribution in [0, 0.1) is 20.8 Å². The van der Waals surface area contributed by atoms with Crippen molar-refractivity contribution in [3.05, 3.63) is 88.0 Å². The molecule has 5 nitrogen and oxygen atoms in total. The number of thiazole rings is 1. The first-order valence-electron chi connectivity index (χ1n) is 10.1. The minimum atomic E-state index is -1.13. The van der Waals surface area contributed by atoms with Gasteiger partial charge < -0.3 is 10.4 Å². The van der Waals surface area contributed by atoms with Crippen LogP contribution in [0.3, 0.4) is 0 Å². The summed E-state index contributed by atoms with van der Waals surface area (Å²) in [7, 11) is 0. The normalized spacial score (nSPS) is 11.0. The smallest absolute Gasteiger partial charge is 0.336 e. The molecule has 1 aromatic heterocycles. The van der Waals surface area contributed by atoms with Gasteiger partial charge in [0.25, 0.3) is 5.91 Å². The molecule has 0 spiro atoms. The molecule has 32 heavy (non-hydrogen) atoms. The Morgan fingerprint density at radius 2 is 1.69 bits per heavy atom. The highest BCUT2D eigenvalue weighted by molar-refractivity contribution is 8.00. The Bertz CT molecular complexity index is 1320. The molecule has 0 aliphatic carbocycles. The number of carboxylic acid groups (broad SMARTS) is 1. The van der Waals surface area contributed by atoms with E-state index in [1.165, 1.54) is 34.4 Å². The fourth-order valence-corrected chi connectivity index (χ4v) is 5.98. The third-order valence-electron chi connectivity index (χ3n) is 5.21. The average Bonchev–Trinajstić information content (AvgIpc) is 3.15. The lowest BCUT2D eigenvalue weighted by Gasteiger charge is -2.10. The second-order valence-corrected chi connectivity index (χ2v) is 9.89. The van der Waals surface area contributed by atoms with E-state index in [9.17, 15) is 14.7 Å². The van der Waals surface area contributed by atoms with E-state index in [1.54, 1.807) is 41.3 Å². The molecule has 4 rings (SSSR count). The van der Waals surface area contributed by atoms with E-state index < -0.39 is 11.9 Å². The Kier molecular flexibility index (Phi) is 6.30. The summed E-state index contributed by atoms with van der Waals surface area (Å²) in [6.45, 7) is 6.40.